The third kappa shape index (κ3) is 4.92. The van der Waals surface area contributed by atoms with E-state index in [1.807, 2.05) is 67.3 Å². The molecule has 6 heteroatoms. The van der Waals surface area contributed by atoms with Crippen LogP contribution >= 0.6 is 0 Å². The Labute approximate surface area is 207 Å². The first-order valence-electron chi connectivity index (χ1n) is 12.4. The second-order valence-corrected chi connectivity index (χ2v) is 9.67. The molecule has 1 heterocycles. The molecule has 35 heavy (non-hydrogen) atoms. The van der Waals surface area contributed by atoms with Gasteiger partial charge in [-0.1, -0.05) is 60.7 Å². The standard InChI is InChI=1S/C29H36N2O4/c1-20-17-23(18-21(2)26(20)34)27-29(28(35)30-15-16-32,24-11-7-4-8-12-24)14-13-25(33)31(27)19-22-9-5-3-6-10-22/h3,5-7,9-12,17-18,25,27,32-34H,4,8,13-16,19H2,1-2H3,(H,30,35). The summed E-state index contributed by atoms with van der Waals surface area (Å²) in [6, 6.07) is 13.4. The van der Waals surface area contributed by atoms with Crippen LogP contribution in [-0.2, 0) is 11.3 Å². The van der Waals surface area contributed by atoms with E-state index in [4.69, 9.17) is 0 Å². The van der Waals surface area contributed by atoms with Crippen LogP contribution < -0.4 is 5.32 Å². The van der Waals surface area contributed by atoms with E-state index in [-0.39, 0.29) is 24.8 Å². The van der Waals surface area contributed by atoms with Crippen LogP contribution in [0.3, 0.4) is 0 Å². The normalized spacial score (nSPS) is 24.7. The first-order chi connectivity index (χ1) is 16.9. The number of aliphatic hydroxyl groups excluding tert-OH is 2. The molecule has 1 saturated heterocycles. The molecular formula is C29H36N2O4. The summed E-state index contributed by atoms with van der Waals surface area (Å²) in [6.07, 6.45) is 8.25. The van der Waals surface area contributed by atoms with E-state index in [9.17, 15) is 20.1 Å². The Balaban J connectivity index is 1.93. The number of aromatic hydroxyl groups is 1. The van der Waals surface area contributed by atoms with Crippen molar-refractivity contribution in [1.29, 1.82) is 0 Å². The molecule has 2 aromatic carbocycles. The molecule has 0 saturated carbocycles. The van der Waals surface area contributed by atoms with Crippen molar-refractivity contribution in [2.75, 3.05) is 13.2 Å². The number of nitrogens with zero attached hydrogens (tertiary/aromatic N) is 1. The molecule has 0 bridgehead atoms. The number of carbonyl (C=O) groups excluding carboxylic acids is 1. The minimum absolute atomic E-state index is 0.144. The minimum atomic E-state index is -0.962. The van der Waals surface area contributed by atoms with Crippen molar-refractivity contribution in [3.05, 3.63) is 88.5 Å². The maximum atomic E-state index is 14.0. The Bertz CT molecular complexity index is 1090. The lowest BCUT2D eigenvalue weighted by atomic mass is 9.63. The zero-order valence-electron chi connectivity index (χ0n) is 20.6. The second kappa shape index (κ2) is 10.8. The number of aryl methyl sites for hydroxylation is 2. The van der Waals surface area contributed by atoms with Crippen molar-refractivity contribution in [2.24, 2.45) is 5.41 Å². The predicted molar refractivity (Wildman–Crippen MR) is 137 cm³/mol. The van der Waals surface area contributed by atoms with E-state index in [0.717, 1.165) is 40.7 Å². The fourth-order valence-electron chi connectivity index (χ4n) is 5.67. The highest BCUT2D eigenvalue weighted by Crippen LogP contribution is 2.54. The van der Waals surface area contributed by atoms with E-state index in [2.05, 4.69) is 17.5 Å². The molecule has 4 N–H and O–H groups in total. The Morgan fingerprint density at radius 1 is 1.14 bits per heavy atom. The fraction of sp³-hybridized carbons (Fsp3) is 0.414. The van der Waals surface area contributed by atoms with Gasteiger partial charge in [0, 0.05) is 13.1 Å². The largest absolute Gasteiger partial charge is 0.507 e. The zero-order chi connectivity index (χ0) is 25.0. The van der Waals surface area contributed by atoms with Crippen LogP contribution in [0.2, 0.25) is 0 Å². The van der Waals surface area contributed by atoms with Gasteiger partial charge in [0.2, 0.25) is 5.91 Å². The number of carbonyl (C=O) groups is 1. The van der Waals surface area contributed by atoms with Gasteiger partial charge in [0.25, 0.3) is 0 Å². The Kier molecular flexibility index (Phi) is 7.75. The first kappa shape index (κ1) is 25.2. The molecule has 2 aromatic rings. The van der Waals surface area contributed by atoms with Crippen LogP contribution in [0.1, 0.15) is 54.0 Å². The van der Waals surface area contributed by atoms with Gasteiger partial charge in [-0.05, 0) is 67.4 Å². The molecule has 3 atom stereocenters. The molecular weight excluding hydrogens is 440 g/mol. The molecule has 0 spiro atoms. The van der Waals surface area contributed by atoms with Gasteiger partial charge in [-0.3, -0.25) is 9.69 Å². The lowest BCUT2D eigenvalue weighted by Gasteiger charge is -2.52. The molecule has 186 valence electrons. The van der Waals surface area contributed by atoms with E-state index in [0.29, 0.717) is 19.4 Å². The number of rotatable bonds is 7. The molecule has 1 fully saturated rings. The van der Waals surface area contributed by atoms with Crippen molar-refractivity contribution >= 4 is 5.91 Å². The summed E-state index contributed by atoms with van der Waals surface area (Å²) in [6.45, 7) is 4.21. The average Bonchev–Trinajstić information content (AvgIpc) is 2.88. The highest BCUT2D eigenvalue weighted by Gasteiger charge is 2.55. The highest BCUT2D eigenvalue weighted by molar-refractivity contribution is 5.88. The average molecular weight is 477 g/mol. The summed E-state index contributed by atoms with van der Waals surface area (Å²) in [5.41, 5.74) is 3.37. The predicted octanol–water partition coefficient (Wildman–Crippen LogP) is 4.04. The monoisotopic (exact) mass is 476 g/mol. The van der Waals surface area contributed by atoms with Crippen molar-refractivity contribution < 1.29 is 20.1 Å². The summed E-state index contributed by atoms with van der Waals surface area (Å²) < 4.78 is 0. The Morgan fingerprint density at radius 2 is 1.86 bits per heavy atom. The Hall–Kier alpha value is -2.93. The molecule has 0 aromatic heterocycles. The maximum Gasteiger partial charge on any atom is 0.232 e. The second-order valence-electron chi connectivity index (χ2n) is 9.67. The number of hydrogen-bond donors (Lipinski definition) is 4. The number of aliphatic hydroxyl groups is 2. The summed E-state index contributed by atoms with van der Waals surface area (Å²) in [5.74, 6) is 0.0921. The van der Waals surface area contributed by atoms with Gasteiger partial charge in [0.05, 0.1) is 18.1 Å². The van der Waals surface area contributed by atoms with Gasteiger partial charge >= 0.3 is 0 Å². The van der Waals surface area contributed by atoms with E-state index >= 15 is 0 Å². The molecule has 1 amide bonds. The molecule has 0 radical (unpaired) electrons. The maximum absolute atomic E-state index is 14.0. The van der Waals surface area contributed by atoms with Gasteiger partial charge in [0.1, 0.15) is 12.0 Å². The van der Waals surface area contributed by atoms with Crippen LogP contribution in [0, 0.1) is 19.3 Å². The molecule has 1 aliphatic heterocycles. The van der Waals surface area contributed by atoms with Crippen LogP contribution in [0.25, 0.3) is 0 Å². The van der Waals surface area contributed by atoms with Gasteiger partial charge < -0.3 is 20.6 Å². The van der Waals surface area contributed by atoms with Gasteiger partial charge in [0.15, 0.2) is 0 Å². The van der Waals surface area contributed by atoms with E-state index < -0.39 is 17.7 Å². The van der Waals surface area contributed by atoms with E-state index in [1.54, 1.807) is 0 Å². The topological polar surface area (TPSA) is 93.0 Å². The Morgan fingerprint density at radius 3 is 2.49 bits per heavy atom. The number of benzene rings is 2. The smallest absolute Gasteiger partial charge is 0.232 e. The number of phenols is 1. The van der Waals surface area contributed by atoms with Crippen LogP contribution in [-0.4, -0.2) is 45.5 Å². The summed E-state index contributed by atoms with van der Waals surface area (Å²) in [4.78, 5) is 16.1. The minimum Gasteiger partial charge on any atom is -0.507 e. The van der Waals surface area contributed by atoms with Crippen molar-refractivity contribution in [3.63, 3.8) is 0 Å². The fourth-order valence-corrected chi connectivity index (χ4v) is 5.67. The van der Waals surface area contributed by atoms with Crippen LogP contribution in [0.5, 0.6) is 5.75 Å². The van der Waals surface area contributed by atoms with Crippen LogP contribution in [0.4, 0.5) is 0 Å². The highest BCUT2D eigenvalue weighted by atomic mass is 16.3. The lowest BCUT2D eigenvalue weighted by Crippen LogP contribution is -2.57. The summed E-state index contributed by atoms with van der Waals surface area (Å²) in [7, 11) is 0. The number of amides is 1. The molecule has 3 unspecified atom stereocenters. The lowest BCUT2D eigenvalue weighted by molar-refractivity contribution is -0.149. The van der Waals surface area contributed by atoms with Crippen molar-refractivity contribution in [2.45, 2.75) is 58.3 Å². The van der Waals surface area contributed by atoms with Crippen LogP contribution in [0.15, 0.2) is 66.3 Å². The number of piperidine rings is 1. The molecule has 6 nitrogen and oxygen atoms in total. The number of nitrogens with one attached hydrogen (secondary N) is 1. The molecule has 2 aliphatic rings. The number of hydrogen-bond acceptors (Lipinski definition) is 5. The quantitative estimate of drug-likeness (QED) is 0.484. The van der Waals surface area contributed by atoms with E-state index in [1.165, 1.54) is 0 Å². The van der Waals surface area contributed by atoms with Gasteiger partial charge in [-0.25, -0.2) is 0 Å². The SMILES string of the molecule is Cc1cc(C2N(Cc3ccccc3)C(O)CCC2(C(=O)NCCO)C2=CCCC=C2)cc(C)c1O. The number of allylic oxidation sites excluding steroid dienone is 3. The zero-order valence-corrected chi connectivity index (χ0v) is 20.6. The molecule has 4 rings (SSSR count). The van der Waals surface area contributed by atoms with Gasteiger partial charge in [-0.15, -0.1) is 0 Å². The number of phenolic OH excluding ortho intramolecular Hbond substituents is 1. The third-order valence-electron chi connectivity index (χ3n) is 7.33. The van der Waals surface area contributed by atoms with Gasteiger partial charge in [-0.2, -0.15) is 0 Å². The first-order valence-corrected chi connectivity index (χ1v) is 12.4. The third-order valence-corrected chi connectivity index (χ3v) is 7.33. The van der Waals surface area contributed by atoms with Crippen molar-refractivity contribution in [1.82, 2.24) is 10.2 Å². The number of likely N-dealkylation sites (tertiary alicyclic amines) is 1. The molecule has 1 aliphatic carbocycles. The summed E-state index contributed by atoms with van der Waals surface area (Å²) in [5, 5.41) is 34.2. The van der Waals surface area contributed by atoms with Crippen molar-refractivity contribution in [3.8, 4) is 5.75 Å². The summed E-state index contributed by atoms with van der Waals surface area (Å²) >= 11 is 0.